The van der Waals surface area contributed by atoms with Gasteiger partial charge in [0.25, 0.3) is 0 Å². The minimum atomic E-state index is -2.10. The Bertz CT molecular complexity index is 499. The third kappa shape index (κ3) is 8.04. The predicted molar refractivity (Wildman–Crippen MR) is 89.0 cm³/mol. The van der Waals surface area contributed by atoms with Crippen molar-refractivity contribution in [1.29, 1.82) is 0 Å². The van der Waals surface area contributed by atoms with Crippen LogP contribution in [-0.2, 0) is 44.7 Å². The van der Waals surface area contributed by atoms with Crippen molar-refractivity contribution in [1.82, 2.24) is 0 Å². The predicted octanol–water partition coefficient (Wildman–Crippen LogP) is 2.24. The Balaban J connectivity index is 5.23. The molecule has 3 atom stereocenters. The molecule has 0 bridgehead atoms. The Hall–Kier alpha value is -1.36. The van der Waals surface area contributed by atoms with Gasteiger partial charge in [-0.1, -0.05) is 0 Å². The van der Waals surface area contributed by atoms with Gasteiger partial charge in [0.05, 0.1) is 0 Å². The van der Waals surface area contributed by atoms with Crippen LogP contribution in [0.5, 0.6) is 0 Å². The van der Waals surface area contributed by atoms with Crippen molar-refractivity contribution < 1.29 is 44.7 Å². The molecular weight excluding hydrogens is 415 g/mol. The van der Waals surface area contributed by atoms with Crippen molar-refractivity contribution in [2.24, 2.45) is 17.8 Å². The second-order valence-electron chi connectivity index (χ2n) is 6.25. The van der Waals surface area contributed by atoms with E-state index < -0.39 is 33.7 Å². The Morgan fingerprint density at radius 3 is 0.920 bits per heavy atom. The summed E-state index contributed by atoms with van der Waals surface area (Å²) >= 11 is -2.10. The summed E-state index contributed by atoms with van der Waals surface area (Å²) < 4.78 is 0. The molecule has 0 aromatic rings. The number of hydrogen-bond donors (Lipinski definition) is 0. The van der Waals surface area contributed by atoms with Crippen LogP contribution in [0.4, 0.5) is 0 Å². The Morgan fingerprint density at radius 1 is 0.560 bits per heavy atom. The van der Waals surface area contributed by atoms with E-state index in [4.69, 9.17) is 0 Å². The molecule has 0 saturated heterocycles. The van der Waals surface area contributed by atoms with E-state index >= 15 is 0 Å². The van der Waals surface area contributed by atoms with Gasteiger partial charge in [0.2, 0.25) is 0 Å². The van der Waals surface area contributed by atoms with E-state index in [1.807, 2.05) is 0 Å². The monoisotopic (exact) mass is 442 g/mol. The first kappa shape index (κ1) is 23.6. The zero-order valence-corrected chi connectivity index (χ0v) is 17.3. The molecule has 0 aromatic heterocycles. The molecule has 7 heteroatoms. The first-order valence-corrected chi connectivity index (χ1v) is 11.4. The molecule has 0 aliphatic heterocycles. The molecular formula is C18H27O6Rh. The maximum absolute atomic E-state index is 12.2. The third-order valence-electron chi connectivity index (χ3n) is 4.13. The molecule has 0 heterocycles. The fourth-order valence-electron chi connectivity index (χ4n) is 1.60. The van der Waals surface area contributed by atoms with Crippen LogP contribution < -0.4 is 0 Å². The van der Waals surface area contributed by atoms with Gasteiger partial charge in [-0.3, -0.25) is 0 Å². The van der Waals surface area contributed by atoms with Crippen LogP contribution in [-0.4, -0.2) is 34.7 Å². The second-order valence-corrected chi connectivity index (χ2v) is 10.4. The number of carbonyl (C=O) groups is 6. The van der Waals surface area contributed by atoms with E-state index in [9.17, 15) is 28.8 Å². The van der Waals surface area contributed by atoms with Crippen molar-refractivity contribution in [3.05, 3.63) is 0 Å². The fraction of sp³-hybridized carbons (Fsp3) is 0.667. The summed E-state index contributed by atoms with van der Waals surface area (Å²) in [5.41, 5.74) is 0. The normalized spacial score (nSPS) is 14.9. The molecule has 6 nitrogen and oxygen atoms in total. The molecule has 0 fully saturated rings. The van der Waals surface area contributed by atoms with E-state index in [1.165, 1.54) is 41.5 Å². The molecule has 0 radical (unpaired) electrons. The van der Waals surface area contributed by atoms with Gasteiger partial charge in [-0.15, -0.1) is 0 Å². The molecule has 0 aliphatic carbocycles. The van der Waals surface area contributed by atoms with Crippen molar-refractivity contribution in [3.63, 3.8) is 0 Å². The van der Waals surface area contributed by atoms with E-state index in [2.05, 4.69) is 0 Å². The zero-order chi connectivity index (χ0) is 19.9. The fourth-order valence-corrected chi connectivity index (χ4v) is 6.15. The van der Waals surface area contributed by atoms with Crippen molar-refractivity contribution in [2.75, 3.05) is 0 Å². The summed E-state index contributed by atoms with van der Waals surface area (Å²) in [7, 11) is 0. The zero-order valence-electron chi connectivity index (χ0n) is 15.6. The third-order valence-corrected chi connectivity index (χ3v) is 8.30. The maximum atomic E-state index is 12.2. The molecule has 0 N–H and O–H groups in total. The van der Waals surface area contributed by atoms with Crippen molar-refractivity contribution >= 4 is 34.7 Å². The Labute approximate surface area is 154 Å². The van der Waals surface area contributed by atoms with E-state index in [1.54, 1.807) is 0 Å². The van der Waals surface area contributed by atoms with Gasteiger partial charge in [-0.05, 0) is 0 Å². The van der Waals surface area contributed by atoms with Gasteiger partial charge in [-0.2, -0.15) is 0 Å². The Morgan fingerprint density at radius 2 is 0.760 bits per heavy atom. The molecule has 0 saturated carbocycles. The summed E-state index contributed by atoms with van der Waals surface area (Å²) in [4.78, 5) is 70.8. The van der Waals surface area contributed by atoms with Gasteiger partial charge in [0, 0.05) is 0 Å². The number of rotatable bonds is 12. The average Bonchev–Trinajstić information content (AvgIpc) is 2.51. The van der Waals surface area contributed by atoms with E-state index in [0.29, 0.717) is 0 Å². The molecule has 0 amide bonds. The molecule has 144 valence electrons. The van der Waals surface area contributed by atoms with E-state index in [-0.39, 0.29) is 49.7 Å². The van der Waals surface area contributed by atoms with Gasteiger partial charge < -0.3 is 0 Å². The second kappa shape index (κ2) is 10.6. The van der Waals surface area contributed by atoms with Crippen molar-refractivity contribution in [3.8, 4) is 0 Å². The first-order chi connectivity index (χ1) is 11.4. The molecule has 0 rings (SSSR count). The summed E-state index contributed by atoms with van der Waals surface area (Å²) in [6.07, 6.45) is 0. The van der Waals surface area contributed by atoms with E-state index in [0.717, 1.165) is 0 Å². The summed E-state index contributed by atoms with van der Waals surface area (Å²) in [6, 6.07) is 0. The number of carbonyl (C=O) groups excluding carboxylic acids is 6. The summed E-state index contributed by atoms with van der Waals surface area (Å²) in [6.45, 7) is 8.50. The van der Waals surface area contributed by atoms with Crippen molar-refractivity contribution in [2.45, 2.75) is 56.6 Å². The quantitative estimate of drug-likeness (QED) is 0.339. The SMILES string of the molecule is CC(=O)C(C)C(=O)[CH2][Rh]([CH2]C(=O)C(C)C(C)=O)[CH2]C(=O)C(C)C(C)=O. The summed E-state index contributed by atoms with van der Waals surface area (Å²) in [5.74, 6) is -3.95. The van der Waals surface area contributed by atoms with Gasteiger partial charge in [0.1, 0.15) is 0 Å². The first-order valence-electron chi connectivity index (χ1n) is 7.96. The topological polar surface area (TPSA) is 102 Å². The number of hydrogen-bond acceptors (Lipinski definition) is 6. The molecule has 0 aromatic carbocycles. The molecule has 0 spiro atoms. The molecule has 3 unspecified atom stereocenters. The van der Waals surface area contributed by atoms with Crippen LogP contribution in [0.1, 0.15) is 41.5 Å². The van der Waals surface area contributed by atoms with Crippen LogP contribution in [0, 0.1) is 17.8 Å². The van der Waals surface area contributed by atoms with Crippen LogP contribution >= 0.6 is 0 Å². The van der Waals surface area contributed by atoms with Gasteiger partial charge >= 0.3 is 154 Å². The standard InChI is InChI=1S/3C6H9O2.Rh/c3*1-4(5(2)7)6(3)8;/h3*4H,2H2,1,3H3;. The van der Waals surface area contributed by atoms with Gasteiger partial charge in [0.15, 0.2) is 0 Å². The van der Waals surface area contributed by atoms with Crippen LogP contribution in [0.3, 0.4) is 0 Å². The average molecular weight is 442 g/mol. The Kier molecular flexibility index (Phi) is 10.0. The number of ketones is 6. The molecule has 25 heavy (non-hydrogen) atoms. The van der Waals surface area contributed by atoms with Crippen LogP contribution in [0.15, 0.2) is 0 Å². The van der Waals surface area contributed by atoms with Crippen LogP contribution in [0.25, 0.3) is 0 Å². The summed E-state index contributed by atoms with van der Waals surface area (Å²) in [5, 5.41) is 0.0789. The minimum absolute atomic E-state index is 0.0263. The van der Waals surface area contributed by atoms with Gasteiger partial charge in [-0.25, -0.2) is 0 Å². The van der Waals surface area contributed by atoms with Crippen LogP contribution in [0.2, 0.25) is 15.0 Å². The molecule has 0 aliphatic rings. The number of Topliss-reactive ketones (excluding diaryl/α,β-unsaturated/α-hetero) is 6.